The highest BCUT2D eigenvalue weighted by molar-refractivity contribution is 4.36. The van der Waals surface area contributed by atoms with E-state index in [2.05, 4.69) is 10.1 Å². The maximum Gasteiger partial charge on any atom is 0.249 e. The molecule has 0 aliphatic heterocycles. The first kappa shape index (κ1) is 12.4. The van der Waals surface area contributed by atoms with Gasteiger partial charge in [-0.3, -0.25) is 0 Å². The molecule has 0 saturated heterocycles. The van der Waals surface area contributed by atoms with Crippen molar-refractivity contribution in [2.75, 3.05) is 20.3 Å². The van der Waals surface area contributed by atoms with E-state index < -0.39 is 17.9 Å². The Morgan fingerprint density at radius 1 is 1.64 bits per heavy atom. The van der Waals surface area contributed by atoms with E-state index >= 15 is 0 Å². The number of hydrogen-bond acceptors (Lipinski definition) is 6. The van der Waals surface area contributed by atoms with Crippen molar-refractivity contribution in [1.29, 1.82) is 0 Å². The molecule has 1 unspecified atom stereocenters. The predicted molar refractivity (Wildman–Crippen MR) is 43.3 cm³/mol. The third kappa shape index (κ3) is 5.94. The molecule has 0 fully saturated rings. The van der Waals surface area contributed by atoms with Crippen molar-refractivity contribution >= 4 is 0 Å². The van der Waals surface area contributed by atoms with Crippen LogP contribution in [-0.4, -0.2) is 46.4 Å². The van der Waals surface area contributed by atoms with E-state index in [1.165, 1.54) is 14.0 Å². The molecule has 14 heavy (non-hydrogen) atoms. The van der Waals surface area contributed by atoms with Crippen LogP contribution in [0.4, 0.5) is 0 Å². The molecule has 0 aromatic carbocycles. The Balaban J connectivity index is 3.75. The zero-order chi connectivity index (χ0) is 11.1. The molecule has 0 bridgehead atoms. The van der Waals surface area contributed by atoms with Crippen molar-refractivity contribution in [3.63, 3.8) is 0 Å². The summed E-state index contributed by atoms with van der Waals surface area (Å²) in [7, 11) is 1.17. The van der Waals surface area contributed by atoms with Crippen molar-refractivity contribution in [3.05, 3.63) is 15.3 Å². The van der Waals surface area contributed by atoms with Crippen LogP contribution >= 0.6 is 0 Å². The minimum absolute atomic E-state index is 0.110. The first-order chi connectivity index (χ1) is 6.43. The normalized spacial score (nSPS) is 13.5. The highest BCUT2D eigenvalue weighted by Crippen LogP contribution is 1.88. The van der Waals surface area contributed by atoms with Gasteiger partial charge in [-0.2, -0.15) is 0 Å². The fraction of sp³-hybridized carbons (Fsp3) is 1.00. The van der Waals surface area contributed by atoms with Gasteiger partial charge in [-0.15, -0.1) is 0 Å². The van der Waals surface area contributed by atoms with Gasteiger partial charge in [0.15, 0.2) is 5.03 Å². The zero-order valence-corrected chi connectivity index (χ0v) is 7.86. The van der Waals surface area contributed by atoms with Crippen molar-refractivity contribution in [2.24, 2.45) is 5.28 Å². The summed E-state index contributed by atoms with van der Waals surface area (Å²) in [6.45, 7) is 0.720. The summed E-state index contributed by atoms with van der Waals surface area (Å²) in [6, 6.07) is 0. The second-order valence-electron chi connectivity index (χ2n) is 2.62. The van der Waals surface area contributed by atoms with Gasteiger partial charge in [0.1, 0.15) is 6.10 Å². The minimum Gasteiger partial charge on any atom is -0.597 e. The van der Waals surface area contributed by atoms with E-state index in [9.17, 15) is 15.3 Å². The van der Waals surface area contributed by atoms with E-state index in [0.717, 1.165) is 0 Å². The lowest BCUT2D eigenvalue weighted by Gasteiger charge is -2.05. The first-order valence-electron chi connectivity index (χ1n) is 3.74. The molecule has 0 aliphatic rings. The Bertz CT molecular complexity index is 218. The zero-order valence-electron chi connectivity index (χ0n) is 7.86. The van der Waals surface area contributed by atoms with Crippen LogP contribution in [0.5, 0.6) is 0 Å². The van der Waals surface area contributed by atoms with Gasteiger partial charge in [0, 0.05) is 0 Å². The number of aliphatic hydroxyl groups is 1. The summed E-state index contributed by atoms with van der Waals surface area (Å²) in [4.78, 5) is 14.5. The smallest absolute Gasteiger partial charge is 0.249 e. The molecule has 0 heterocycles. The third-order valence-electron chi connectivity index (χ3n) is 1.09. The number of aliphatic hydroxyl groups excluding tert-OH is 1. The summed E-state index contributed by atoms with van der Waals surface area (Å²) < 4.78 is 0. The second kappa shape index (κ2) is 5.91. The molecule has 0 aromatic rings. The topological polar surface area (TPSA) is 114 Å². The van der Waals surface area contributed by atoms with Gasteiger partial charge in [0.05, 0.1) is 7.05 Å². The molecule has 82 valence electrons. The first-order valence-corrected chi connectivity index (χ1v) is 3.74. The second-order valence-corrected chi connectivity index (χ2v) is 2.62. The molecule has 9 nitrogen and oxygen atoms in total. The van der Waals surface area contributed by atoms with Crippen molar-refractivity contribution in [3.8, 4) is 0 Å². The van der Waals surface area contributed by atoms with Gasteiger partial charge in [-0.05, 0) is 6.92 Å². The minimum atomic E-state index is -0.840. The summed E-state index contributed by atoms with van der Waals surface area (Å²) >= 11 is 0. The van der Waals surface area contributed by atoms with Gasteiger partial charge in [-0.25, -0.2) is 10.1 Å². The fourth-order valence-corrected chi connectivity index (χ4v) is 0.480. The lowest BCUT2D eigenvalue weighted by Crippen LogP contribution is -2.27. The van der Waals surface area contributed by atoms with Gasteiger partial charge < -0.3 is 15.2 Å². The molecule has 0 amide bonds. The highest BCUT2D eigenvalue weighted by atomic mass is 16.7. The molecule has 0 aromatic heterocycles. The average Bonchev–Trinajstić information content (AvgIpc) is 2.02. The summed E-state index contributed by atoms with van der Waals surface area (Å²) in [6.07, 6.45) is -0.840. The van der Waals surface area contributed by atoms with Crippen LogP contribution in [0.1, 0.15) is 6.92 Å². The lowest BCUT2D eigenvalue weighted by molar-refractivity contribution is -0.662. The molecule has 0 aliphatic carbocycles. The highest BCUT2D eigenvalue weighted by Gasteiger charge is 2.08. The van der Waals surface area contributed by atoms with Crippen LogP contribution in [0.3, 0.4) is 0 Å². The molecule has 1 N–H and O–H groups in total. The van der Waals surface area contributed by atoms with Crippen molar-refractivity contribution in [2.45, 2.75) is 13.0 Å². The average molecular weight is 208 g/mol. The van der Waals surface area contributed by atoms with Crippen molar-refractivity contribution < 1.29 is 19.8 Å². The van der Waals surface area contributed by atoms with Crippen LogP contribution in [0.15, 0.2) is 5.28 Å². The number of hydroxylamine groups is 1. The standard InChI is InChI=1S/C5H12N4O5/c1-5(10)3-8(11)6-14-4-7(2)9(12)13/h5,10H,3-4H2,1-2H3. The fourth-order valence-electron chi connectivity index (χ4n) is 0.480. The molecular formula is C5H12N4O5. The Morgan fingerprint density at radius 3 is 2.64 bits per heavy atom. The molecule has 0 saturated carbocycles. The molecular weight excluding hydrogens is 196 g/mol. The molecule has 1 atom stereocenters. The van der Waals surface area contributed by atoms with E-state index in [1.807, 2.05) is 0 Å². The van der Waals surface area contributed by atoms with Gasteiger partial charge in [0.2, 0.25) is 18.6 Å². The van der Waals surface area contributed by atoms with Crippen LogP contribution in [0.25, 0.3) is 0 Å². The summed E-state index contributed by atoms with van der Waals surface area (Å²) in [5, 5.41) is 32.3. The number of hydrazine groups is 1. The maximum absolute atomic E-state index is 10.7. The van der Waals surface area contributed by atoms with Gasteiger partial charge in [-0.1, -0.05) is 9.87 Å². The number of nitro groups is 1. The molecule has 0 radical (unpaired) electrons. The van der Waals surface area contributed by atoms with Crippen LogP contribution in [0, 0.1) is 15.3 Å². The van der Waals surface area contributed by atoms with Crippen LogP contribution in [0.2, 0.25) is 0 Å². The van der Waals surface area contributed by atoms with Gasteiger partial charge >= 0.3 is 0 Å². The monoisotopic (exact) mass is 208 g/mol. The van der Waals surface area contributed by atoms with E-state index in [4.69, 9.17) is 5.11 Å². The van der Waals surface area contributed by atoms with E-state index in [1.54, 1.807) is 0 Å². The van der Waals surface area contributed by atoms with Gasteiger partial charge in [0.25, 0.3) is 0 Å². The SMILES string of the molecule is CC(O)C[N+]([O-])=NOCN(C)[N+](=O)[O-]. The summed E-state index contributed by atoms with van der Waals surface area (Å²) in [5.74, 6) is 0. The number of rotatable bonds is 6. The number of hydrogen-bond donors (Lipinski definition) is 1. The largest absolute Gasteiger partial charge is 0.597 e. The van der Waals surface area contributed by atoms with E-state index in [-0.39, 0.29) is 11.4 Å². The third-order valence-corrected chi connectivity index (χ3v) is 1.09. The van der Waals surface area contributed by atoms with Crippen molar-refractivity contribution in [1.82, 2.24) is 5.01 Å². The van der Waals surface area contributed by atoms with E-state index in [0.29, 0.717) is 5.01 Å². The maximum atomic E-state index is 10.7. The Morgan fingerprint density at radius 2 is 2.21 bits per heavy atom. The molecule has 0 spiro atoms. The molecule has 0 rings (SSSR count). The Labute approximate surface area is 79.8 Å². The van der Waals surface area contributed by atoms with Crippen LogP contribution < -0.4 is 0 Å². The Kier molecular flexibility index (Phi) is 5.22. The summed E-state index contributed by atoms with van der Waals surface area (Å²) in [5.41, 5.74) is 0. The van der Waals surface area contributed by atoms with Crippen LogP contribution in [-0.2, 0) is 4.84 Å². The number of nitrogens with zero attached hydrogens (tertiary/aromatic N) is 4. The quantitative estimate of drug-likeness (QED) is 0.204. The lowest BCUT2D eigenvalue weighted by atomic mass is 10.4. The Hall–Kier alpha value is -1.64. The molecule has 9 heteroatoms. The predicted octanol–water partition coefficient (Wildman–Crippen LogP) is -0.658.